The number of carbonyl (C=O) groups is 2. The molecule has 8 unspecified atom stereocenters. The molecule has 0 spiro atoms. The van der Waals surface area contributed by atoms with Gasteiger partial charge in [-0.15, -0.1) is 0 Å². The summed E-state index contributed by atoms with van der Waals surface area (Å²) in [6.07, 6.45) is 50.6. The third-order valence-electron chi connectivity index (χ3n) is 14.8. The zero-order chi connectivity index (χ0) is 54.0. The molecule has 1 fully saturated rings. The van der Waals surface area contributed by atoms with Crippen molar-refractivity contribution >= 4 is 11.9 Å². The maximum atomic E-state index is 13.4. The van der Waals surface area contributed by atoms with Crippen LogP contribution in [0.25, 0.3) is 0 Å². The van der Waals surface area contributed by atoms with E-state index >= 15 is 0 Å². The lowest BCUT2D eigenvalue weighted by Crippen LogP contribution is -2.61. The molecule has 1 aliphatic heterocycles. The molecule has 0 bridgehead atoms. The Morgan fingerprint density at radius 2 is 0.932 bits per heavy atom. The average Bonchev–Trinajstić information content (AvgIpc) is 3.40. The SMILES string of the molecule is CCCCCCCC/C=C\C/C=C/CCC(=O)OC1C(OCC(NC(=O)C(O)CCCCCCCCCCCCCCCCCCCCCC)C(O)/C=C/CCCCCCCCCCCC)OC(CO)C(O)C1O. The Hall–Kier alpha value is -2.12. The summed E-state index contributed by atoms with van der Waals surface area (Å²) in [7, 11) is 0. The second kappa shape index (κ2) is 51.6. The molecule has 434 valence electrons. The second-order valence-corrected chi connectivity index (χ2v) is 21.8. The van der Waals surface area contributed by atoms with Crippen molar-refractivity contribution in [3.63, 3.8) is 0 Å². The Kier molecular flexibility index (Phi) is 48.8. The number of allylic oxidation sites excluding steroid dienone is 5. The summed E-state index contributed by atoms with van der Waals surface area (Å²) < 4.78 is 17.5. The summed E-state index contributed by atoms with van der Waals surface area (Å²) in [6, 6.07) is -1.03. The van der Waals surface area contributed by atoms with E-state index in [1.165, 1.54) is 193 Å². The van der Waals surface area contributed by atoms with Crippen LogP contribution in [0.2, 0.25) is 0 Å². The molecular formula is C63H117NO10. The van der Waals surface area contributed by atoms with Crippen LogP contribution < -0.4 is 5.32 Å². The minimum atomic E-state index is -1.63. The lowest BCUT2D eigenvalue weighted by atomic mass is 9.99. The Morgan fingerprint density at radius 1 is 0.527 bits per heavy atom. The van der Waals surface area contributed by atoms with Gasteiger partial charge in [0.1, 0.15) is 24.4 Å². The number of aliphatic hydroxyl groups excluding tert-OH is 5. The van der Waals surface area contributed by atoms with Gasteiger partial charge in [0.15, 0.2) is 12.4 Å². The number of carbonyl (C=O) groups excluding carboxylic acids is 2. The first-order chi connectivity index (χ1) is 36.2. The standard InChI is InChI=1S/C63H117NO10/c1-4-7-10-13-16-19-22-25-26-27-28-29-30-31-33-35-38-41-44-47-50-56(67)62(71)64-54(55(66)49-46-43-40-37-34-24-21-18-15-12-9-6-3)53-72-63-61(60(70)59(69)57(52-65)73-63)74-58(68)51-48-45-42-39-36-32-23-20-17-14-11-8-5-2/h32,36,42,45-46,49,54-57,59-61,63,65-67,69-70H,4-31,33-35,37-41,43-44,47-48,50-53H2,1-3H3,(H,64,71)/b36-32-,45-42+,49-46+. The van der Waals surface area contributed by atoms with E-state index < -0.39 is 67.4 Å². The third kappa shape index (κ3) is 39.3. The van der Waals surface area contributed by atoms with Crippen molar-refractivity contribution in [2.24, 2.45) is 0 Å². The van der Waals surface area contributed by atoms with Crippen LogP contribution in [-0.4, -0.2) is 99.6 Å². The highest BCUT2D eigenvalue weighted by Gasteiger charge is 2.47. The Bertz CT molecular complexity index is 1340. The average molecular weight is 1050 g/mol. The van der Waals surface area contributed by atoms with Gasteiger partial charge in [0, 0.05) is 6.42 Å². The number of hydrogen-bond acceptors (Lipinski definition) is 10. The molecule has 0 radical (unpaired) electrons. The van der Waals surface area contributed by atoms with Crippen molar-refractivity contribution in [2.75, 3.05) is 13.2 Å². The summed E-state index contributed by atoms with van der Waals surface area (Å²) in [4.78, 5) is 26.5. The monoisotopic (exact) mass is 1050 g/mol. The number of hydrogen-bond donors (Lipinski definition) is 6. The Labute approximate surface area is 453 Å². The van der Waals surface area contributed by atoms with Crippen molar-refractivity contribution in [3.05, 3.63) is 36.5 Å². The molecule has 0 aromatic carbocycles. The van der Waals surface area contributed by atoms with Crippen molar-refractivity contribution in [2.45, 2.75) is 339 Å². The van der Waals surface area contributed by atoms with Crippen LogP contribution in [-0.2, 0) is 23.8 Å². The van der Waals surface area contributed by atoms with Gasteiger partial charge >= 0.3 is 5.97 Å². The highest BCUT2D eigenvalue weighted by molar-refractivity contribution is 5.80. The summed E-state index contributed by atoms with van der Waals surface area (Å²) >= 11 is 0. The topological polar surface area (TPSA) is 175 Å². The number of aliphatic hydroxyl groups is 5. The fraction of sp³-hybridized carbons (Fsp3) is 0.873. The molecule has 1 saturated heterocycles. The van der Waals surface area contributed by atoms with Crippen LogP contribution in [0.1, 0.15) is 290 Å². The summed E-state index contributed by atoms with van der Waals surface area (Å²) in [5, 5.41) is 56.9. The Balaban J connectivity index is 2.67. The first-order valence-corrected chi connectivity index (χ1v) is 31.3. The summed E-state index contributed by atoms with van der Waals surface area (Å²) in [6.45, 7) is 5.77. The van der Waals surface area contributed by atoms with E-state index in [1.807, 2.05) is 18.2 Å². The van der Waals surface area contributed by atoms with E-state index in [0.29, 0.717) is 19.3 Å². The first kappa shape index (κ1) is 69.9. The van der Waals surface area contributed by atoms with E-state index in [-0.39, 0.29) is 13.0 Å². The molecule has 0 aromatic rings. The van der Waals surface area contributed by atoms with Gasteiger partial charge < -0.3 is 45.1 Å². The Morgan fingerprint density at radius 3 is 1.38 bits per heavy atom. The maximum Gasteiger partial charge on any atom is 0.306 e. The molecule has 1 heterocycles. The highest BCUT2D eigenvalue weighted by atomic mass is 16.7. The van der Waals surface area contributed by atoms with Gasteiger partial charge in [-0.3, -0.25) is 9.59 Å². The minimum Gasteiger partial charge on any atom is -0.454 e. The van der Waals surface area contributed by atoms with E-state index in [1.54, 1.807) is 6.08 Å². The number of amides is 1. The van der Waals surface area contributed by atoms with Crippen LogP contribution in [0.5, 0.6) is 0 Å². The number of nitrogens with one attached hydrogen (secondary N) is 1. The molecule has 1 rings (SSSR count). The molecular weight excluding hydrogens is 931 g/mol. The second-order valence-electron chi connectivity index (χ2n) is 21.8. The van der Waals surface area contributed by atoms with Crippen molar-refractivity contribution < 1.29 is 49.3 Å². The van der Waals surface area contributed by atoms with Gasteiger partial charge in [-0.1, -0.05) is 276 Å². The molecule has 8 atom stereocenters. The summed E-state index contributed by atoms with van der Waals surface area (Å²) in [5.41, 5.74) is 0. The van der Waals surface area contributed by atoms with E-state index in [4.69, 9.17) is 14.2 Å². The molecule has 0 saturated carbocycles. The predicted octanol–water partition coefficient (Wildman–Crippen LogP) is 14.7. The van der Waals surface area contributed by atoms with Crippen molar-refractivity contribution in [3.8, 4) is 0 Å². The summed E-state index contributed by atoms with van der Waals surface area (Å²) in [5.74, 6) is -1.26. The van der Waals surface area contributed by atoms with Crippen LogP contribution in [0.15, 0.2) is 36.5 Å². The minimum absolute atomic E-state index is 0.0199. The fourth-order valence-electron chi connectivity index (χ4n) is 9.82. The number of unbranched alkanes of at least 4 members (excludes halogenated alkanes) is 35. The molecule has 74 heavy (non-hydrogen) atoms. The lowest BCUT2D eigenvalue weighted by Gasteiger charge is -2.41. The smallest absolute Gasteiger partial charge is 0.306 e. The van der Waals surface area contributed by atoms with Crippen molar-refractivity contribution in [1.29, 1.82) is 0 Å². The lowest BCUT2D eigenvalue weighted by molar-refractivity contribution is -0.305. The van der Waals surface area contributed by atoms with Gasteiger partial charge in [-0.25, -0.2) is 0 Å². The number of esters is 1. The molecule has 0 aromatic heterocycles. The zero-order valence-corrected chi connectivity index (χ0v) is 48.0. The zero-order valence-electron chi connectivity index (χ0n) is 48.0. The third-order valence-corrected chi connectivity index (χ3v) is 14.8. The van der Waals surface area contributed by atoms with Crippen LogP contribution >= 0.6 is 0 Å². The largest absolute Gasteiger partial charge is 0.454 e. The number of rotatable bonds is 53. The van der Waals surface area contributed by atoms with Crippen LogP contribution in [0.4, 0.5) is 0 Å². The molecule has 1 amide bonds. The van der Waals surface area contributed by atoms with Gasteiger partial charge in [0.25, 0.3) is 0 Å². The van der Waals surface area contributed by atoms with Gasteiger partial charge in [0.2, 0.25) is 5.91 Å². The van der Waals surface area contributed by atoms with Gasteiger partial charge in [0.05, 0.1) is 25.4 Å². The first-order valence-electron chi connectivity index (χ1n) is 31.3. The quantitative estimate of drug-likeness (QED) is 0.0195. The van der Waals surface area contributed by atoms with Gasteiger partial charge in [-0.05, 0) is 44.9 Å². The van der Waals surface area contributed by atoms with E-state index in [0.717, 1.165) is 51.4 Å². The van der Waals surface area contributed by atoms with E-state index in [9.17, 15) is 35.1 Å². The molecule has 11 nitrogen and oxygen atoms in total. The van der Waals surface area contributed by atoms with Gasteiger partial charge in [-0.2, -0.15) is 0 Å². The molecule has 6 N–H and O–H groups in total. The fourth-order valence-corrected chi connectivity index (χ4v) is 9.82. The van der Waals surface area contributed by atoms with Crippen LogP contribution in [0, 0.1) is 0 Å². The molecule has 1 aliphatic rings. The predicted molar refractivity (Wildman–Crippen MR) is 306 cm³/mol. The van der Waals surface area contributed by atoms with Crippen molar-refractivity contribution in [1.82, 2.24) is 5.32 Å². The maximum absolute atomic E-state index is 13.4. The molecule has 11 heteroatoms. The molecule has 0 aliphatic carbocycles. The van der Waals surface area contributed by atoms with E-state index in [2.05, 4.69) is 38.2 Å². The van der Waals surface area contributed by atoms with Crippen LogP contribution in [0.3, 0.4) is 0 Å². The number of ether oxygens (including phenoxy) is 3. The highest BCUT2D eigenvalue weighted by Crippen LogP contribution is 2.26. The normalized spacial score (nSPS) is 19.5.